The molecule has 128 valence electrons. The monoisotopic (exact) mass is 318 g/mol. The summed E-state index contributed by atoms with van der Waals surface area (Å²) >= 11 is 0. The minimum absolute atomic E-state index is 0.0157. The first-order valence-corrected chi connectivity index (χ1v) is 8.52. The second-order valence-electron chi connectivity index (χ2n) is 6.03. The molecule has 0 aliphatic rings. The van der Waals surface area contributed by atoms with Gasteiger partial charge in [-0.05, 0) is 30.9 Å². The molecule has 0 aromatic heterocycles. The normalized spacial score (nSPS) is 10.5. The summed E-state index contributed by atoms with van der Waals surface area (Å²) in [5.41, 5.74) is 3.19. The average molecular weight is 318 g/mol. The van der Waals surface area contributed by atoms with Gasteiger partial charge < -0.3 is 9.80 Å². The number of anilines is 1. The van der Waals surface area contributed by atoms with Gasteiger partial charge in [-0.2, -0.15) is 0 Å². The lowest BCUT2D eigenvalue weighted by molar-refractivity contribution is -0.129. The molecule has 1 aromatic rings. The van der Waals surface area contributed by atoms with Crippen molar-refractivity contribution in [3.8, 4) is 0 Å². The van der Waals surface area contributed by atoms with E-state index in [1.54, 1.807) is 16.7 Å². The lowest BCUT2D eigenvalue weighted by Gasteiger charge is -2.26. The Kier molecular flexibility index (Phi) is 7.79. The Balaban J connectivity index is 2.85. The quantitative estimate of drug-likeness (QED) is 0.735. The van der Waals surface area contributed by atoms with Gasteiger partial charge in [0.05, 0.1) is 0 Å². The summed E-state index contributed by atoms with van der Waals surface area (Å²) in [7, 11) is 1.83. The molecule has 0 N–H and O–H groups in total. The maximum Gasteiger partial charge on any atom is 0.224 e. The lowest BCUT2D eigenvalue weighted by Crippen LogP contribution is -2.36. The number of hydrogen-bond acceptors (Lipinski definition) is 2. The van der Waals surface area contributed by atoms with Gasteiger partial charge in [0, 0.05) is 39.2 Å². The summed E-state index contributed by atoms with van der Waals surface area (Å²) in [6.45, 7) is 8.99. The Hall–Kier alpha value is -1.84. The van der Waals surface area contributed by atoms with E-state index in [4.69, 9.17) is 0 Å². The highest BCUT2D eigenvalue weighted by Crippen LogP contribution is 2.26. The maximum atomic E-state index is 12.2. The van der Waals surface area contributed by atoms with E-state index in [1.807, 2.05) is 32.2 Å². The molecule has 23 heavy (non-hydrogen) atoms. The number of nitrogens with zero attached hydrogens (tertiary/aromatic N) is 2. The summed E-state index contributed by atoms with van der Waals surface area (Å²) in [5.74, 6) is 0.0781. The van der Waals surface area contributed by atoms with Crippen LogP contribution >= 0.6 is 0 Å². The largest absolute Gasteiger partial charge is 0.346 e. The SMILES string of the molecule is CCCCN(C)C(=O)CCN(C(C)=O)c1c(C)cccc1CC. The highest BCUT2D eigenvalue weighted by molar-refractivity contribution is 5.94. The summed E-state index contributed by atoms with van der Waals surface area (Å²) in [4.78, 5) is 27.9. The number of rotatable bonds is 8. The average Bonchev–Trinajstić information content (AvgIpc) is 2.53. The molecular formula is C19H30N2O2. The number of amides is 2. The molecular weight excluding hydrogens is 288 g/mol. The van der Waals surface area contributed by atoms with E-state index in [1.165, 1.54) is 0 Å². The van der Waals surface area contributed by atoms with Crippen molar-refractivity contribution < 1.29 is 9.59 Å². The third kappa shape index (κ3) is 5.38. The fraction of sp³-hybridized carbons (Fsp3) is 0.579. The van der Waals surface area contributed by atoms with Crippen molar-refractivity contribution in [2.75, 3.05) is 25.0 Å². The van der Waals surface area contributed by atoms with E-state index >= 15 is 0 Å². The zero-order valence-corrected chi connectivity index (χ0v) is 15.2. The van der Waals surface area contributed by atoms with Crippen LogP contribution in [0.4, 0.5) is 5.69 Å². The number of carbonyl (C=O) groups excluding carboxylic acids is 2. The van der Waals surface area contributed by atoms with Crippen LogP contribution in [-0.2, 0) is 16.0 Å². The predicted molar refractivity (Wildman–Crippen MR) is 95.7 cm³/mol. The van der Waals surface area contributed by atoms with Crippen molar-refractivity contribution in [1.82, 2.24) is 4.90 Å². The molecule has 1 aromatic carbocycles. The van der Waals surface area contributed by atoms with E-state index in [2.05, 4.69) is 13.8 Å². The minimum Gasteiger partial charge on any atom is -0.346 e. The zero-order chi connectivity index (χ0) is 17.4. The van der Waals surface area contributed by atoms with Crippen LogP contribution in [-0.4, -0.2) is 36.9 Å². The number of carbonyl (C=O) groups is 2. The molecule has 4 heteroatoms. The zero-order valence-electron chi connectivity index (χ0n) is 15.2. The van der Waals surface area contributed by atoms with Crippen molar-refractivity contribution in [3.05, 3.63) is 29.3 Å². The molecule has 1 rings (SSSR count). The van der Waals surface area contributed by atoms with Crippen molar-refractivity contribution in [1.29, 1.82) is 0 Å². The van der Waals surface area contributed by atoms with Gasteiger partial charge >= 0.3 is 0 Å². The maximum absolute atomic E-state index is 12.2. The van der Waals surface area contributed by atoms with E-state index in [0.29, 0.717) is 13.0 Å². The van der Waals surface area contributed by atoms with Gasteiger partial charge in [-0.1, -0.05) is 38.5 Å². The van der Waals surface area contributed by atoms with Crippen LogP contribution in [0.1, 0.15) is 51.2 Å². The molecule has 0 atom stereocenters. The van der Waals surface area contributed by atoms with Gasteiger partial charge in [0.1, 0.15) is 0 Å². The molecule has 4 nitrogen and oxygen atoms in total. The third-order valence-electron chi connectivity index (χ3n) is 4.17. The summed E-state index contributed by atoms with van der Waals surface area (Å²) in [5, 5.41) is 0. The molecule has 0 heterocycles. The van der Waals surface area contributed by atoms with Crippen LogP contribution in [0.15, 0.2) is 18.2 Å². The summed E-state index contributed by atoms with van der Waals surface area (Å²) in [6, 6.07) is 6.08. The molecule has 0 saturated carbocycles. The van der Waals surface area contributed by atoms with Crippen molar-refractivity contribution in [3.63, 3.8) is 0 Å². The molecule has 0 aliphatic carbocycles. The molecule has 0 aliphatic heterocycles. The molecule has 0 fully saturated rings. The van der Waals surface area contributed by atoms with Gasteiger partial charge in [0.15, 0.2) is 0 Å². The number of unbranched alkanes of at least 4 members (excludes halogenated alkanes) is 1. The molecule has 0 radical (unpaired) electrons. The minimum atomic E-state index is -0.0157. The predicted octanol–water partition coefficient (Wildman–Crippen LogP) is 3.56. The lowest BCUT2D eigenvalue weighted by atomic mass is 10.0. The van der Waals surface area contributed by atoms with Crippen molar-refractivity contribution in [2.45, 2.75) is 53.4 Å². The Bertz CT molecular complexity index is 540. The van der Waals surface area contributed by atoms with Gasteiger partial charge in [-0.15, -0.1) is 0 Å². The van der Waals surface area contributed by atoms with Crippen LogP contribution in [0.3, 0.4) is 0 Å². The highest BCUT2D eigenvalue weighted by Gasteiger charge is 2.19. The first-order valence-electron chi connectivity index (χ1n) is 8.52. The molecule has 2 amide bonds. The molecule has 0 saturated heterocycles. The van der Waals surface area contributed by atoms with Crippen LogP contribution in [0.5, 0.6) is 0 Å². The molecule has 0 bridgehead atoms. The molecule has 0 unspecified atom stereocenters. The number of benzene rings is 1. The first-order chi connectivity index (χ1) is 10.9. The standard InChI is InChI=1S/C19H30N2O2/c1-6-8-13-20(5)18(23)12-14-21(16(4)22)19-15(3)10-9-11-17(19)7-2/h9-11H,6-8,12-14H2,1-5H3. The number of hydrogen-bond donors (Lipinski definition) is 0. The van der Waals surface area contributed by atoms with E-state index in [9.17, 15) is 9.59 Å². The topological polar surface area (TPSA) is 40.6 Å². The van der Waals surface area contributed by atoms with E-state index in [0.717, 1.165) is 42.6 Å². The number of aryl methyl sites for hydroxylation is 2. The summed E-state index contributed by atoms with van der Waals surface area (Å²) in [6.07, 6.45) is 3.30. The van der Waals surface area contributed by atoms with Gasteiger partial charge in [-0.3, -0.25) is 9.59 Å². The van der Waals surface area contributed by atoms with Crippen LogP contribution in [0.25, 0.3) is 0 Å². The second-order valence-corrected chi connectivity index (χ2v) is 6.03. The van der Waals surface area contributed by atoms with Gasteiger partial charge in [0.2, 0.25) is 11.8 Å². The van der Waals surface area contributed by atoms with Gasteiger partial charge in [0.25, 0.3) is 0 Å². The van der Waals surface area contributed by atoms with Crippen molar-refractivity contribution in [2.24, 2.45) is 0 Å². The Morgan fingerprint density at radius 3 is 2.39 bits per heavy atom. The first kappa shape index (κ1) is 19.2. The van der Waals surface area contributed by atoms with Crippen LogP contribution < -0.4 is 4.90 Å². The fourth-order valence-electron chi connectivity index (χ4n) is 2.74. The Morgan fingerprint density at radius 2 is 1.83 bits per heavy atom. The van der Waals surface area contributed by atoms with Crippen molar-refractivity contribution >= 4 is 17.5 Å². The molecule has 0 spiro atoms. The number of para-hydroxylation sites is 1. The Morgan fingerprint density at radius 1 is 1.13 bits per heavy atom. The third-order valence-corrected chi connectivity index (χ3v) is 4.17. The highest BCUT2D eigenvalue weighted by atomic mass is 16.2. The van der Waals surface area contributed by atoms with Crippen LogP contribution in [0, 0.1) is 6.92 Å². The second kappa shape index (κ2) is 9.33. The fourth-order valence-corrected chi connectivity index (χ4v) is 2.74. The Labute approximate surface area is 140 Å². The summed E-state index contributed by atoms with van der Waals surface area (Å²) < 4.78 is 0. The van der Waals surface area contributed by atoms with Crippen LogP contribution in [0.2, 0.25) is 0 Å². The van der Waals surface area contributed by atoms with Gasteiger partial charge in [-0.25, -0.2) is 0 Å². The smallest absolute Gasteiger partial charge is 0.224 e. The van der Waals surface area contributed by atoms with E-state index in [-0.39, 0.29) is 11.8 Å². The van der Waals surface area contributed by atoms with E-state index < -0.39 is 0 Å².